The van der Waals surface area contributed by atoms with Crippen molar-refractivity contribution in [1.29, 1.82) is 0 Å². The Morgan fingerprint density at radius 1 is 1.37 bits per heavy atom. The maximum absolute atomic E-state index is 11.7. The van der Waals surface area contributed by atoms with Gasteiger partial charge in [-0.25, -0.2) is 0 Å². The first-order chi connectivity index (χ1) is 8.79. The van der Waals surface area contributed by atoms with Crippen molar-refractivity contribution in [3.05, 3.63) is 24.3 Å². The Hall–Kier alpha value is -1.93. The van der Waals surface area contributed by atoms with Gasteiger partial charge in [-0.2, -0.15) is 8.42 Å². The van der Waals surface area contributed by atoms with Crippen LogP contribution < -0.4 is 4.90 Å². The fourth-order valence-corrected chi connectivity index (χ4v) is 2.45. The molecule has 1 aromatic rings. The van der Waals surface area contributed by atoms with Crippen LogP contribution in [0.1, 0.15) is 6.42 Å². The van der Waals surface area contributed by atoms with E-state index in [-0.39, 0.29) is 29.5 Å². The minimum atomic E-state index is -4.36. The average Bonchev–Trinajstić information content (AvgIpc) is 2.71. The number of carboxylic acids is 1. The van der Waals surface area contributed by atoms with Gasteiger partial charge in [0, 0.05) is 18.7 Å². The topological polar surface area (TPSA) is 112 Å². The Kier molecular flexibility index (Phi) is 3.29. The van der Waals surface area contributed by atoms with Crippen molar-refractivity contribution in [2.75, 3.05) is 11.4 Å². The van der Waals surface area contributed by atoms with Gasteiger partial charge in [0.05, 0.1) is 10.8 Å². The lowest BCUT2D eigenvalue weighted by molar-refractivity contribution is -0.141. The third kappa shape index (κ3) is 2.74. The lowest BCUT2D eigenvalue weighted by Crippen LogP contribution is -2.25. The summed E-state index contributed by atoms with van der Waals surface area (Å²) >= 11 is 0. The molecular weight excluding hydrogens is 274 g/mol. The van der Waals surface area contributed by atoms with Crippen molar-refractivity contribution in [2.45, 2.75) is 11.3 Å². The number of carboxylic acid groups (broad SMARTS) is 1. The monoisotopic (exact) mass is 285 g/mol. The molecule has 19 heavy (non-hydrogen) atoms. The average molecular weight is 285 g/mol. The molecule has 7 nitrogen and oxygen atoms in total. The molecule has 0 radical (unpaired) electrons. The Bertz CT molecular complexity index is 638. The zero-order valence-electron chi connectivity index (χ0n) is 9.68. The molecule has 1 saturated heterocycles. The summed E-state index contributed by atoms with van der Waals surface area (Å²) in [6.07, 6.45) is -0.120. The summed E-state index contributed by atoms with van der Waals surface area (Å²) in [6.45, 7) is -0.0108. The molecule has 1 fully saturated rings. The summed E-state index contributed by atoms with van der Waals surface area (Å²) in [5.74, 6) is -2.26. The highest BCUT2D eigenvalue weighted by atomic mass is 32.2. The van der Waals surface area contributed by atoms with E-state index in [0.717, 1.165) is 6.07 Å². The summed E-state index contributed by atoms with van der Waals surface area (Å²) in [7, 11) is -4.36. The molecule has 1 aliphatic rings. The van der Waals surface area contributed by atoms with Gasteiger partial charge >= 0.3 is 5.97 Å². The fourth-order valence-electron chi connectivity index (χ4n) is 1.93. The van der Waals surface area contributed by atoms with Gasteiger partial charge in [0.1, 0.15) is 0 Å². The SMILES string of the molecule is O=C(O)C1CC(=O)N(c2cccc(S(=O)(=O)O)c2)C1. The van der Waals surface area contributed by atoms with Crippen molar-refractivity contribution in [1.82, 2.24) is 0 Å². The molecule has 1 amide bonds. The van der Waals surface area contributed by atoms with E-state index in [0.29, 0.717) is 0 Å². The maximum atomic E-state index is 11.7. The Morgan fingerprint density at radius 2 is 2.05 bits per heavy atom. The van der Waals surface area contributed by atoms with E-state index in [4.69, 9.17) is 9.66 Å². The minimum Gasteiger partial charge on any atom is -0.481 e. The van der Waals surface area contributed by atoms with Crippen LogP contribution in [0.15, 0.2) is 29.2 Å². The summed E-state index contributed by atoms with van der Waals surface area (Å²) in [5, 5.41) is 8.86. The molecule has 1 heterocycles. The van der Waals surface area contributed by atoms with Crippen LogP contribution in [0.2, 0.25) is 0 Å². The van der Waals surface area contributed by atoms with E-state index >= 15 is 0 Å². The van der Waals surface area contributed by atoms with Crippen molar-refractivity contribution < 1.29 is 27.7 Å². The molecule has 1 aliphatic heterocycles. The third-order valence-corrected chi connectivity index (χ3v) is 3.75. The highest BCUT2D eigenvalue weighted by Gasteiger charge is 2.35. The quantitative estimate of drug-likeness (QED) is 0.776. The Balaban J connectivity index is 2.33. The number of hydrogen-bond donors (Lipinski definition) is 2. The second-order valence-corrected chi connectivity index (χ2v) is 5.64. The standard InChI is InChI=1S/C11H11NO6S/c13-10-4-7(11(14)15)6-12(10)8-2-1-3-9(5-8)19(16,17)18/h1-3,5,7H,4,6H2,(H,14,15)(H,16,17,18). The van der Waals surface area contributed by atoms with Crippen molar-refractivity contribution in [2.24, 2.45) is 5.92 Å². The molecule has 0 aliphatic carbocycles. The number of benzene rings is 1. The molecule has 2 N–H and O–H groups in total. The lowest BCUT2D eigenvalue weighted by Gasteiger charge is -2.16. The van der Waals surface area contributed by atoms with Crippen LogP contribution in [0.4, 0.5) is 5.69 Å². The largest absolute Gasteiger partial charge is 0.481 e. The Labute approximate surface area is 109 Å². The molecule has 102 valence electrons. The molecule has 8 heteroatoms. The molecular formula is C11H11NO6S. The highest BCUT2D eigenvalue weighted by molar-refractivity contribution is 7.85. The number of carbonyl (C=O) groups is 2. The van der Waals surface area contributed by atoms with Gasteiger partial charge in [0.15, 0.2) is 0 Å². The third-order valence-electron chi connectivity index (χ3n) is 2.90. The van der Waals surface area contributed by atoms with Gasteiger partial charge < -0.3 is 10.0 Å². The normalized spacial score (nSPS) is 19.7. The van der Waals surface area contributed by atoms with Crippen LogP contribution in [-0.2, 0) is 19.7 Å². The molecule has 0 saturated carbocycles. The van der Waals surface area contributed by atoms with E-state index in [1.807, 2.05) is 0 Å². The zero-order chi connectivity index (χ0) is 14.2. The molecule has 0 spiro atoms. The van der Waals surface area contributed by atoms with Gasteiger partial charge in [-0.1, -0.05) is 6.07 Å². The number of amides is 1. The number of hydrogen-bond acceptors (Lipinski definition) is 4. The van der Waals surface area contributed by atoms with Crippen LogP contribution in [0.3, 0.4) is 0 Å². The summed E-state index contributed by atoms with van der Waals surface area (Å²) in [5.41, 5.74) is 0.254. The molecule has 0 aromatic heterocycles. The van der Waals surface area contributed by atoms with E-state index in [9.17, 15) is 18.0 Å². The van der Waals surface area contributed by atoms with E-state index in [1.54, 1.807) is 0 Å². The molecule has 0 bridgehead atoms. The van der Waals surface area contributed by atoms with Crippen LogP contribution >= 0.6 is 0 Å². The van der Waals surface area contributed by atoms with Crippen molar-refractivity contribution in [3.63, 3.8) is 0 Å². The summed E-state index contributed by atoms with van der Waals surface area (Å²) in [6, 6.07) is 5.18. The van der Waals surface area contributed by atoms with E-state index in [1.165, 1.54) is 23.1 Å². The zero-order valence-corrected chi connectivity index (χ0v) is 10.5. The second-order valence-electron chi connectivity index (χ2n) is 4.22. The molecule has 2 rings (SSSR count). The molecule has 1 aromatic carbocycles. The number of anilines is 1. The second kappa shape index (κ2) is 4.63. The summed E-state index contributed by atoms with van der Waals surface area (Å²) < 4.78 is 31.0. The highest BCUT2D eigenvalue weighted by Crippen LogP contribution is 2.26. The minimum absolute atomic E-state index is 0.0108. The van der Waals surface area contributed by atoms with Gasteiger partial charge in [0.25, 0.3) is 10.1 Å². The first-order valence-corrected chi connectivity index (χ1v) is 6.84. The van der Waals surface area contributed by atoms with Gasteiger partial charge in [-0.3, -0.25) is 14.1 Å². The number of aliphatic carboxylic acids is 1. The van der Waals surface area contributed by atoms with Crippen LogP contribution in [-0.4, -0.2) is 36.5 Å². The first-order valence-electron chi connectivity index (χ1n) is 5.40. The first kappa shape index (κ1) is 13.5. The fraction of sp³-hybridized carbons (Fsp3) is 0.273. The smallest absolute Gasteiger partial charge is 0.308 e. The van der Waals surface area contributed by atoms with Crippen LogP contribution in [0.5, 0.6) is 0 Å². The Morgan fingerprint density at radius 3 is 2.58 bits per heavy atom. The predicted octanol–water partition coefficient (Wildman–Crippen LogP) is 0.371. The number of nitrogens with zero attached hydrogens (tertiary/aromatic N) is 1. The number of rotatable bonds is 3. The van der Waals surface area contributed by atoms with E-state index in [2.05, 4.69) is 0 Å². The maximum Gasteiger partial charge on any atom is 0.308 e. The molecule has 1 unspecified atom stereocenters. The van der Waals surface area contributed by atoms with Crippen LogP contribution in [0.25, 0.3) is 0 Å². The van der Waals surface area contributed by atoms with Gasteiger partial charge in [-0.15, -0.1) is 0 Å². The van der Waals surface area contributed by atoms with Crippen molar-refractivity contribution >= 4 is 27.7 Å². The van der Waals surface area contributed by atoms with Gasteiger partial charge in [0.2, 0.25) is 5.91 Å². The van der Waals surface area contributed by atoms with Gasteiger partial charge in [-0.05, 0) is 18.2 Å². The molecule has 1 atom stereocenters. The summed E-state index contributed by atoms with van der Waals surface area (Å²) in [4.78, 5) is 23.4. The predicted molar refractivity (Wildman–Crippen MR) is 64.4 cm³/mol. The van der Waals surface area contributed by atoms with E-state index < -0.39 is 22.0 Å². The number of carbonyl (C=O) groups excluding carboxylic acids is 1. The van der Waals surface area contributed by atoms with Crippen LogP contribution in [0, 0.1) is 5.92 Å². The van der Waals surface area contributed by atoms with Crippen molar-refractivity contribution in [3.8, 4) is 0 Å². The lowest BCUT2D eigenvalue weighted by atomic mass is 10.1.